The highest BCUT2D eigenvalue weighted by atomic mass is 19.1. The molecule has 2 amide bonds. The van der Waals surface area contributed by atoms with E-state index in [2.05, 4.69) is 30.9 Å². The van der Waals surface area contributed by atoms with E-state index in [1.54, 1.807) is 31.4 Å². The van der Waals surface area contributed by atoms with E-state index in [1.165, 1.54) is 23.0 Å². The molecule has 3 aromatic heterocycles. The van der Waals surface area contributed by atoms with Crippen molar-refractivity contribution in [2.45, 2.75) is 38.6 Å². The van der Waals surface area contributed by atoms with Crippen LogP contribution in [-0.2, 0) is 11.8 Å². The average Bonchev–Trinajstić information content (AvgIpc) is 3.41. The number of benzene rings is 1. The van der Waals surface area contributed by atoms with Crippen molar-refractivity contribution < 1.29 is 18.7 Å². The normalized spacial score (nSPS) is 17.7. The van der Waals surface area contributed by atoms with Crippen LogP contribution in [-0.4, -0.2) is 49.4 Å². The standard InChI is InChI=1S/C28H28FN7O3/c1-15-23(16(2)35-34-15)20-6-5-18(13-30-20)32-27(38)25(33-26(37)21-8-11-31-36(21)3)24-19-12-17(29)4-7-22(19)39-14-28(24)9-10-28/h4-8,11-13,24-25H,9-10,14H2,1-3H3,(H,32,38)(H,33,37)(H,34,35)/t24?,25-/m0/s1. The number of fused-ring (bicyclic) bond motifs is 1. The number of nitrogens with zero attached hydrogens (tertiary/aromatic N) is 4. The third kappa shape index (κ3) is 4.43. The molecule has 2 aliphatic rings. The van der Waals surface area contributed by atoms with E-state index in [4.69, 9.17) is 4.74 Å². The van der Waals surface area contributed by atoms with Gasteiger partial charge < -0.3 is 15.4 Å². The Morgan fingerprint density at radius 3 is 2.67 bits per heavy atom. The molecule has 1 aliphatic heterocycles. The second-order valence-electron chi connectivity index (χ2n) is 10.3. The molecule has 2 atom stereocenters. The van der Waals surface area contributed by atoms with Gasteiger partial charge in [0.05, 0.1) is 29.9 Å². The number of carbonyl (C=O) groups excluding carboxylic acids is 2. The van der Waals surface area contributed by atoms with Gasteiger partial charge in [0.1, 0.15) is 23.3 Å². The lowest BCUT2D eigenvalue weighted by Gasteiger charge is -2.38. The summed E-state index contributed by atoms with van der Waals surface area (Å²) in [5, 5.41) is 17.1. The maximum Gasteiger partial charge on any atom is 0.270 e. The predicted octanol–water partition coefficient (Wildman–Crippen LogP) is 3.65. The Morgan fingerprint density at radius 2 is 2.03 bits per heavy atom. The van der Waals surface area contributed by atoms with Crippen LogP contribution in [0.25, 0.3) is 11.3 Å². The minimum absolute atomic E-state index is 0.307. The van der Waals surface area contributed by atoms with Crippen LogP contribution in [0.4, 0.5) is 10.1 Å². The number of aromatic amines is 1. The molecule has 1 unspecified atom stereocenters. The second kappa shape index (κ2) is 9.33. The van der Waals surface area contributed by atoms with Crippen molar-refractivity contribution >= 4 is 17.5 Å². The van der Waals surface area contributed by atoms with Crippen LogP contribution in [0.2, 0.25) is 0 Å². The van der Waals surface area contributed by atoms with Crippen molar-refractivity contribution in [3.05, 3.63) is 77.3 Å². The summed E-state index contributed by atoms with van der Waals surface area (Å²) < 4.78 is 21.8. The van der Waals surface area contributed by atoms with Gasteiger partial charge in [0.2, 0.25) is 5.91 Å². The highest BCUT2D eigenvalue weighted by Gasteiger charge is 2.58. The highest BCUT2D eigenvalue weighted by Crippen LogP contribution is 2.61. The summed E-state index contributed by atoms with van der Waals surface area (Å²) in [5.41, 5.74) is 4.34. The summed E-state index contributed by atoms with van der Waals surface area (Å²) in [6, 6.07) is 8.46. The van der Waals surface area contributed by atoms with Crippen LogP contribution in [0.15, 0.2) is 48.8 Å². The first-order valence-electron chi connectivity index (χ1n) is 12.8. The second-order valence-corrected chi connectivity index (χ2v) is 10.3. The molecule has 0 bridgehead atoms. The molecule has 200 valence electrons. The maximum atomic E-state index is 14.4. The molecule has 6 rings (SSSR count). The number of aryl methyl sites for hydroxylation is 3. The highest BCUT2D eigenvalue weighted by molar-refractivity contribution is 6.01. The van der Waals surface area contributed by atoms with E-state index >= 15 is 0 Å². The fourth-order valence-corrected chi connectivity index (χ4v) is 5.56. The number of pyridine rings is 1. The van der Waals surface area contributed by atoms with Gasteiger partial charge in [-0.1, -0.05) is 0 Å². The van der Waals surface area contributed by atoms with Gasteiger partial charge in [-0.3, -0.25) is 24.4 Å². The summed E-state index contributed by atoms with van der Waals surface area (Å²) in [4.78, 5) is 31.7. The van der Waals surface area contributed by atoms with E-state index in [9.17, 15) is 14.0 Å². The summed E-state index contributed by atoms with van der Waals surface area (Å²) in [6.45, 7) is 4.21. The number of nitrogens with one attached hydrogen (secondary N) is 3. The molecule has 1 spiro atoms. The van der Waals surface area contributed by atoms with Crippen molar-refractivity contribution in [3.8, 4) is 17.0 Å². The third-order valence-electron chi connectivity index (χ3n) is 7.75. The van der Waals surface area contributed by atoms with Crippen molar-refractivity contribution in [2.24, 2.45) is 12.5 Å². The SMILES string of the molecule is Cc1n[nH]c(C)c1-c1ccc(NC(=O)[C@@H](NC(=O)c2ccnn2C)C2c3cc(F)ccc3OCC23CC3)cn1. The van der Waals surface area contributed by atoms with E-state index < -0.39 is 29.6 Å². The van der Waals surface area contributed by atoms with Gasteiger partial charge in [-0.05, 0) is 63.1 Å². The monoisotopic (exact) mass is 529 g/mol. The number of amides is 2. The number of aromatic nitrogens is 5. The van der Waals surface area contributed by atoms with Gasteiger partial charge in [0.15, 0.2) is 0 Å². The maximum absolute atomic E-state index is 14.4. The number of anilines is 1. The zero-order valence-corrected chi connectivity index (χ0v) is 21.8. The fraction of sp³-hybridized carbons (Fsp3) is 0.321. The molecule has 1 saturated carbocycles. The molecule has 4 heterocycles. The van der Waals surface area contributed by atoms with E-state index in [1.807, 2.05) is 19.9 Å². The summed E-state index contributed by atoms with van der Waals surface area (Å²) in [5.74, 6) is -1.28. The van der Waals surface area contributed by atoms with Gasteiger partial charge >= 0.3 is 0 Å². The molecule has 39 heavy (non-hydrogen) atoms. The molecule has 11 heteroatoms. The van der Waals surface area contributed by atoms with E-state index in [0.29, 0.717) is 29.3 Å². The van der Waals surface area contributed by atoms with Crippen molar-refractivity contribution in [3.63, 3.8) is 0 Å². The Labute approximate surface area is 224 Å². The number of H-pyrrole nitrogens is 1. The first-order valence-corrected chi connectivity index (χ1v) is 12.8. The van der Waals surface area contributed by atoms with Crippen molar-refractivity contribution in [1.82, 2.24) is 30.3 Å². The Kier molecular flexibility index (Phi) is 5.93. The Balaban J connectivity index is 1.34. The molecular formula is C28H28FN7O3. The van der Waals surface area contributed by atoms with Gasteiger partial charge in [-0.25, -0.2) is 4.39 Å². The average molecular weight is 530 g/mol. The van der Waals surface area contributed by atoms with Crippen LogP contribution in [0, 0.1) is 25.1 Å². The van der Waals surface area contributed by atoms with Gasteiger partial charge in [0.25, 0.3) is 5.91 Å². The van der Waals surface area contributed by atoms with Gasteiger partial charge in [-0.15, -0.1) is 0 Å². The zero-order valence-electron chi connectivity index (χ0n) is 21.8. The summed E-state index contributed by atoms with van der Waals surface area (Å²) >= 11 is 0. The van der Waals surface area contributed by atoms with Crippen LogP contribution in [0.3, 0.4) is 0 Å². The molecule has 0 radical (unpaired) electrons. The Hall–Kier alpha value is -4.54. The minimum Gasteiger partial charge on any atom is -0.493 e. The molecule has 1 aliphatic carbocycles. The lowest BCUT2D eigenvalue weighted by Crippen LogP contribution is -2.52. The van der Waals surface area contributed by atoms with Crippen molar-refractivity contribution in [1.29, 1.82) is 0 Å². The first-order chi connectivity index (χ1) is 18.8. The number of rotatable bonds is 6. The number of hydrogen-bond acceptors (Lipinski definition) is 6. The summed E-state index contributed by atoms with van der Waals surface area (Å²) in [7, 11) is 1.65. The van der Waals surface area contributed by atoms with Crippen LogP contribution < -0.4 is 15.4 Å². The quantitative estimate of drug-likeness (QED) is 0.350. The Morgan fingerprint density at radius 1 is 1.21 bits per heavy atom. The third-order valence-corrected chi connectivity index (χ3v) is 7.75. The van der Waals surface area contributed by atoms with Crippen LogP contribution in [0.5, 0.6) is 5.75 Å². The number of ether oxygens (including phenoxy) is 1. The number of halogens is 1. The fourth-order valence-electron chi connectivity index (χ4n) is 5.56. The summed E-state index contributed by atoms with van der Waals surface area (Å²) in [6.07, 6.45) is 4.70. The zero-order chi connectivity index (χ0) is 27.3. The van der Waals surface area contributed by atoms with Gasteiger partial charge in [-0.2, -0.15) is 10.2 Å². The van der Waals surface area contributed by atoms with E-state index in [-0.39, 0.29) is 5.41 Å². The van der Waals surface area contributed by atoms with Crippen molar-refractivity contribution in [2.75, 3.05) is 11.9 Å². The minimum atomic E-state index is -1.00. The topological polar surface area (TPSA) is 127 Å². The van der Waals surface area contributed by atoms with Crippen LogP contribution in [0.1, 0.15) is 46.2 Å². The molecular weight excluding hydrogens is 501 g/mol. The largest absolute Gasteiger partial charge is 0.493 e. The molecule has 1 fully saturated rings. The van der Waals surface area contributed by atoms with Gasteiger partial charge in [0, 0.05) is 41.4 Å². The molecule has 3 N–H and O–H groups in total. The van der Waals surface area contributed by atoms with E-state index in [0.717, 1.165) is 35.5 Å². The first kappa shape index (κ1) is 24.8. The Bertz CT molecular complexity index is 1550. The molecule has 1 aromatic carbocycles. The lowest BCUT2D eigenvalue weighted by molar-refractivity contribution is -0.119. The number of carbonyl (C=O) groups is 2. The number of hydrogen-bond donors (Lipinski definition) is 3. The molecule has 0 saturated heterocycles. The lowest BCUT2D eigenvalue weighted by atomic mass is 9.75. The van der Waals surface area contributed by atoms with Crippen LogP contribution >= 0.6 is 0 Å². The molecule has 10 nitrogen and oxygen atoms in total. The predicted molar refractivity (Wildman–Crippen MR) is 141 cm³/mol. The smallest absolute Gasteiger partial charge is 0.270 e. The molecule has 4 aromatic rings.